The summed E-state index contributed by atoms with van der Waals surface area (Å²) in [6.45, 7) is 9.63. The van der Waals surface area contributed by atoms with E-state index in [1.54, 1.807) is 0 Å². The number of hydrogen-bond donors (Lipinski definition) is 2. The van der Waals surface area contributed by atoms with Gasteiger partial charge in [-0.25, -0.2) is 0 Å². The predicted molar refractivity (Wildman–Crippen MR) is 102 cm³/mol. The Morgan fingerprint density at radius 2 is 2.08 bits per heavy atom. The van der Waals surface area contributed by atoms with Crippen LogP contribution < -0.4 is 10.9 Å². The first-order valence-corrected chi connectivity index (χ1v) is 9.74. The van der Waals surface area contributed by atoms with E-state index in [2.05, 4.69) is 27.3 Å². The molecule has 1 fully saturated rings. The molecule has 0 spiro atoms. The van der Waals surface area contributed by atoms with Gasteiger partial charge in [-0.3, -0.25) is 4.79 Å². The van der Waals surface area contributed by atoms with Crippen molar-refractivity contribution in [2.24, 2.45) is 0 Å². The van der Waals surface area contributed by atoms with Crippen molar-refractivity contribution in [3.63, 3.8) is 0 Å². The van der Waals surface area contributed by atoms with Crippen LogP contribution in [0.4, 0.5) is 0 Å². The molecule has 5 heteroatoms. The fourth-order valence-corrected chi connectivity index (χ4v) is 4.31. The van der Waals surface area contributed by atoms with Crippen molar-refractivity contribution in [1.29, 1.82) is 0 Å². The van der Waals surface area contributed by atoms with E-state index < -0.39 is 0 Å². The van der Waals surface area contributed by atoms with Crippen LogP contribution in [0.3, 0.4) is 0 Å². The van der Waals surface area contributed by atoms with Crippen molar-refractivity contribution in [1.82, 2.24) is 15.2 Å². The molecule has 0 amide bonds. The second-order valence-electron chi connectivity index (χ2n) is 6.51. The first-order chi connectivity index (χ1) is 11.7. The molecule has 1 aliphatic heterocycles. The maximum absolute atomic E-state index is 11.9. The summed E-state index contributed by atoms with van der Waals surface area (Å²) < 4.78 is 0. The van der Waals surface area contributed by atoms with Gasteiger partial charge in [0.2, 0.25) is 0 Å². The highest BCUT2D eigenvalue weighted by Crippen LogP contribution is 2.29. The number of pyridine rings is 1. The fraction of sp³-hybridized carbons (Fsp3) is 0.526. The van der Waals surface area contributed by atoms with Gasteiger partial charge in [-0.15, -0.1) is 11.3 Å². The van der Waals surface area contributed by atoms with Gasteiger partial charge >= 0.3 is 0 Å². The molecule has 2 aromatic rings. The Morgan fingerprint density at radius 3 is 2.83 bits per heavy atom. The number of likely N-dealkylation sites (tertiary alicyclic amines) is 1. The molecule has 1 aliphatic rings. The molecule has 2 aromatic heterocycles. The zero-order valence-corrected chi connectivity index (χ0v) is 15.5. The maximum atomic E-state index is 11.9. The van der Waals surface area contributed by atoms with Gasteiger partial charge < -0.3 is 15.2 Å². The van der Waals surface area contributed by atoms with Crippen LogP contribution >= 0.6 is 11.3 Å². The van der Waals surface area contributed by atoms with Crippen LogP contribution in [-0.2, 0) is 13.0 Å². The largest absolute Gasteiger partial charge is 0.326 e. The SMILES string of the molecule is CCc1cc(-c2ccc(CNCCN3CCCC3)s2)c(C)[nH]c1=O. The van der Waals surface area contributed by atoms with Crippen LogP contribution in [0.15, 0.2) is 23.0 Å². The summed E-state index contributed by atoms with van der Waals surface area (Å²) in [5.41, 5.74) is 3.00. The number of nitrogens with one attached hydrogen (secondary N) is 2. The van der Waals surface area contributed by atoms with Crippen molar-refractivity contribution >= 4 is 11.3 Å². The van der Waals surface area contributed by atoms with Gasteiger partial charge in [0.25, 0.3) is 5.56 Å². The molecule has 3 heterocycles. The molecule has 2 N–H and O–H groups in total. The number of rotatable bonds is 7. The Kier molecular flexibility index (Phi) is 5.87. The summed E-state index contributed by atoms with van der Waals surface area (Å²) in [6, 6.07) is 6.41. The molecule has 0 atom stereocenters. The molecule has 0 aliphatic carbocycles. The smallest absolute Gasteiger partial charge is 0.251 e. The first-order valence-electron chi connectivity index (χ1n) is 8.92. The monoisotopic (exact) mass is 345 g/mol. The molecular formula is C19H27N3OS. The third kappa shape index (κ3) is 4.15. The number of aromatic nitrogens is 1. The molecule has 0 bridgehead atoms. The van der Waals surface area contributed by atoms with Gasteiger partial charge in [0, 0.05) is 46.2 Å². The van der Waals surface area contributed by atoms with E-state index in [4.69, 9.17) is 0 Å². The first kappa shape index (κ1) is 17.4. The van der Waals surface area contributed by atoms with Crippen LogP contribution in [-0.4, -0.2) is 36.1 Å². The van der Waals surface area contributed by atoms with Gasteiger partial charge in [0.1, 0.15) is 0 Å². The normalized spacial score (nSPS) is 15.2. The highest BCUT2D eigenvalue weighted by atomic mass is 32.1. The van der Waals surface area contributed by atoms with E-state index in [-0.39, 0.29) is 5.56 Å². The lowest BCUT2D eigenvalue weighted by molar-refractivity contribution is 0.336. The second-order valence-corrected chi connectivity index (χ2v) is 7.68. The summed E-state index contributed by atoms with van der Waals surface area (Å²) in [6.07, 6.45) is 3.47. The fourth-order valence-electron chi connectivity index (χ4n) is 3.26. The Labute approximate surface area is 147 Å². The minimum atomic E-state index is 0.0408. The number of H-pyrrole nitrogens is 1. The van der Waals surface area contributed by atoms with Gasteiger partial charge in [0.05, 0.1) is 0 Å². The molecule has 3 rings (SSSR count). The number of nitrogens with zero attached hydrogens (tertiary/aromatic N) is 1. The topological polar surface area (TPSA) is 48.1 Å². The minimum Gasteiger partial charge on any atom is -0.326 e. The Bertz CT molecular complexity index is 728. The number of aromatic amines is 1. The summed E-state index contributed by atoms with van der Waals surface area (Å²) in [4.78, 5) is 20.0. The maximum Gasteiger partial charge on any atom is 0.251 e. The number of thiophene rings is 1. The molecule has 0 saturated carbocycles. The highest BCUT2D eigenvalue weighted by Gasteiger charge is 2.11. The van der Waals surface area contributed by atoms with E-state index >= 15 is 0 Å². The van der Waals surface area contributed by atoms with E-state index in [0.717, 1.165) is 42.9 Å². The average Bonchev–Trinajstić information content (AvgIpc) is 3.23. The average molecular weight is 346 g/mol. The predicted octanol–water partition coefficient (Wildman–Crippen LogP) is 3.16. The molecule has 24 heavy (non-hydrogen) atoms. The van der Waals surface area contributed by atoms with E-state index in [0.29, 0.717) is 0 Å². The van der Waals surface area contributed by atoms with Crippen LogP contribution in [0, 0.1) is 6.92 Å². The molecule has 1 saturated heterocycles. The van der Waals surface area contributed by atoms with Crippen LogP contribution in [0.1, 0.15) is 35.9 Å². The molecule has 130 valence electrons. The van der Waals surface area contributed by atoms with Gasteiger partial charge in [-0.2, -0.15) is 0 Å². The van der Waals surface area contributed by atoms with Crippen molar-refractivity contribution in [3.8, 4) is 10.4 Å². The van der Waals surface area contributed by atoms with Crippen molar-refractivity contribution in [2.75, 3.05) is 26.2 Å². The molecule has 0 unspecified atom stereocenters. The van der Waals surface area contributed by atoms with Crippen LogP contribution in [0.5, 0.6) is 0 Å². The standard InChI is InChI=1S/C19H27N3OS/c1-3-15-12-17(14(2)21-19(15)23)18-7-6-16(24-18)13-20-8-11-22-9-4-5-10-22/h6-7,12,20H,3-5,8-11,13H2,1-2H3,(H,21,23). The van der Waals surface area contributed by atoms with Crippen LogP contribution in [0.2, 0.25) is 0 Å². The lowest BCUT2D eigenvalue weighted by atomic mass is 10.1. The second kappa shape index (κ2) is 8.10. The third-order valence-electron chi connectivity index (χ3n) is 4.73. The van der Waals surface area contributed by atoms with Crippen LogP contribution in [0.25, 0.3) is 10.4 Å². The number of hydrogen-bond acceptors (Lipinski definition) is 4. The Hall–Kier alpha value is -1.43. The summed E-state index contributed by atoms with van der Waals surface area (Å²) in [5, 5.41) is 3.55. The highest BCUT2D eigenvalue weighted by molar-refractivity contribution is 7.15. The van der Waals surface area contributed by atoms with E-state index in [9.17, 15) is 4.79 Å². The zero-order chi connectivity index (χ0) is 16.9. The quantitative estimate of drug-likeness (QED) is 0.758. The lowest BCUT2D eigenvalue weighted by Crippen LogP contribution is -2.29. The molecule has 0 aromatic carbocycles. The molecule has 4 nitrogen and oxygen atoms in total. The van der Waals surface area contributed by atoms with E-state index in [1.165, 1.54) is 35.7 Å². The molecular weight excluding hydrogens is 318 g/mol. The minimum absolute atomic E-state index is 0.0408. The zero-order valence-electron chi connectivity index (χ0n) is 14.7. The summed E-state index contributed by atoms with van der Waals surface area (Å²) >= 11 is 1.81. The molecule has 0 radical (unpaired) electrons. The summed E-state index contributed by atoms with van der Waals surface area (Å²) in [5.74, 6) is 0. The van der Waals surface area contributed by atoms with Crippen molar-refractivity contribution < 1.29 is 0 Å². The Morgan fingerprint density at radius 1 is 1.29 bits per heavy atom. The Balaban J connectivity index is 1.60. The lowest BCUT2D eigenvalue weighted by Gasteiger charge is -2.14. The van der Waals surface area contributed by atoms with E-state index in [1.807, 2.05) is 31.3 Å². The van der Waals surface area contributed by atoms with Crippen molar-refractivity contribution in [3.05, 3.63) is 44.7 Å². The van der Waals surface area contributed by atoms with Gasteiger partial charge in [-0.1, -0.05) is 6.92 Å². The summed E-state index contributed by atoms with van der Waals surface area (Å²) in [7, 11) is 0. The van der Waals surface area contributed by atoms with Gasteiger partial charge in [0.15, 0.2) is 0 Å². The number of aryl methyl sites for hydroxylation is 2. The van der Waals surface area contributed by atoms with Gasteiger partial charge in [-0.05, 0) is 57.5 Å². The van der Waals surface area contributed by atoms with Crippen molar-refractivity contribution in [2.45, 2.75) is 39.7 Å². The third-order valence-corrected chi connectivity index (χ3v) is 5.84.